The summed E-state index contributed by atoms with van der Waals surface area (Å²) in [5, 5.41) is 3.32. The Morgan fingerprint density at radius 1 is 1.41 bits per heavy atom. The van der Waals surface area contributed by atoms with E-state index >= 15 is 0 Å². The number of hydrogen-bond donors (Lipinski definition) is 1. The summed E-state index contributed by atoms with van der Waals surface area (Å²) < 4.78 is 4.82. The summed E-state index contributed by atoms with van der Waals surface area (Å²) in [6.07, 6.45) is 0.878. The van der Waals surface area contributed by atoms with Gasteiger partial charge in [0.2, 0.25) is 0 Å². The molecule has 17 heavy (non-hydrogen) atoms. The molecule has 3 heteroatoms. The third-order valence-corrected chi connectivity index (χ3v) is 3.40. The molecule has 0 amide bonds. The average Bonchev–Trinajstić information content (AvgIpc) is 2.38. The summed E-state index contributed by atoms with van der Waals surface area (Å²) in [5.41, 5.74) is 2.58. The standard InChI is InChI=1S/C14H19NO2/c1-10-4-3-5-11(6-10)12-7-13(9-15-8-12)14(16)17-2/h3-6,12-13,15H,7-9H2,1-2H3/t12-,13-/m1/s1. The number of esters is 1. The van der Waals surface area contributed by atoms with Gasteiger partial charge >= 0.3 is 5.97 Å². The molecule has 0 aliphatic carbocycles. The fraction of sp³-hybridized carbons (Fsp3) is 0.500. The van der Waals surface area contributed by atoms with Crippen LogP contribution in [0.3, 0.4) is 0 Å². The van der Waals surface area contributed by atoms with Crippen LogP contribution in [0.5, 0.6) is 0 Å². The summed E-state index contributed by atoms with van der Waals surface area (Å²) in [6.45, 7) is 3.77. The predicted molar refractivity (Wildman–Crippen MR) is 66.9 cm³/mol. The molecule has 1 saturated heterocycles. The number of carbonyl (C=O) groups excluding carboxylic acids is 1. The van der Waals surface area contributed by atoms with Crippen LogP contribution in [0.4, 0.5) is 0 Å². The summed E-state index contributed by atoms with van der Waals surface area (Å²) in [4.78, 5) is 11.5. The van der Waals surface area contributed by atoms with Crippen LogP contribution in [0, 0.1) is 12.8 Å². The SMILES string of the molecule is COC(=O)[C@H]1CNC[C@H](c2cccc(C)c2)C1. The van der Waals surface area contributed by atoms with E-state index in [4.69, 9.17) is 4.74 Å². The predicted octanol–water partition coefficient (Wildman–Crippen LogP) is 1.86. The fourth-order valence-electron chi connectivity index (χ4n) is 2.47. The highest BCUT2D eigenvalue weighted by Gasteiger charge is 2.28. The molecule has 3 nitrogen and oxygen atoms in total. The van der Waals surface area contributed by atoms with E-state index in [9.17, 15) is 4.79 Å². The Balaban J connectivity index is 2.09. The molecule has 2 rings (SSSR count). The molecule has 0 spiro atoms. The van der Waals surface area contributed by atoms with Crippen molar-refractivity contribution in [3.05, 3.63) is 35.4 Å². The van der Waals surface area contributed by atoms with Gasteiger partial charge in [-0.2, -0.15) is 0 Å². The van der Waals surface area contributed by atoms with E-state index < -0.39 is 0 Å². The van der Waals surface area contributed by atoms with Gasteiger partial charge in [-0.05, 0) is 24.8 Å². The number of ether oxygens (including phenoxy) is 1. The smallest absolute Gasteiger partial charge is 0.309 e. The highest BCUT2D eigenvalue weighted by Crippen LogP contribution is 2.27. The van der Waals surface area contributed by atoms with E-state index in [1.807, 2.05) is 0 Å². The van der Waals surface area contributed by atoms with Crippen molar-refractivity contribution < 1.29 is 9.53 Å². The van der Waals surface area contributed by atoms with Crippen LogP contribution in [0.1, 0.15) is 23.5 Å². The van der Waals surface area contributed by atoms with E-state index in [2.05, 4.69) is 36.5 Å². The zero-order valence-electron chi connectivity index (χ0n) is 10.4. The van der Waals surface area contributed by atoms with Crippen molar-refractivity contribution in [2.75, 3.05) is 20.2 Å². The molecule has 0 saturated carbocycles. The van der Waals surface area contributed by atoms with Crippen molar-refractivity contribution in [2.24, 2.45) is 5.92 Å². The van der Waals surface area contributed by atoms with Crippen molar-refractivity contribution in [1.29, 1.82) is 0 Å². The Bertz CT molecular complexity index is 403. The molecule has 0 aromatic heterocycles. The Morgan fingerprint density at radius 2 is 2.24 bits per heavy atom. The van der Waals surface area contributed by atoms with Crippen LogP contribution in [0.2, 0.25) is 0 Å². The number of nitrogens with one attached hydrogen (secondary N) is 1. The van der Waals surface area contributed by atoms with E-state index in [1.54, 1.807) is 0 Å². The minimum absolute atomic E-state index is 0.0146. The monoisotopic (exact) mass is 233 g/mol. The molecule has 0 radical (unpaired) electrons. The number of methoxy groups -OCH3 is 1. The van der Waals surface area contributed by atoms with Gasteiger partial charge in [0.05, 0.1) is 13.0 Å². The lowest BCUT2D eigenvalue weighted by atomic mass is 9.85. The maximum absolute atomic E-state index is 11.5. The molecule has 1 aromatic rings. The van der Waals surface area contributed by atoms with E-state index in [0.29, 0.717) is 5.92 Å². The number of rotatable bonds is 2. The van der Waals surface area contributed by atoms with Crippen LogP contribution >= 0.6 is 0 Å². The third kappa shape index (κ3) is 2.86. The van der Waals surface area contributed by atoms with Gasteiger partial charge in [-0.3, -0.25) is 4.79 Å². The number of piperidine rings is 1. The number of aryl methyl sites for hydroxylation is 1. The fourth-order valence-corrected chi connectivity index (χ4v) is 2.47. The zero-order chi connectivity index (χ0) is 12.3. The van der Waals surface area contributed by atoms with Crippen molar-refractivity contribution >= 4 is 5.97 Å². The molecule has 1 aromatic carbocycles. The second kappa shape index (κ2) is 5.32. The maximum Gasteiger partial charge on any atom is 0.309 e. The van der Waals surface area contributed by atoms with Gasteiger partial charge in [-0.15, -0.1) is 0 Å². The molecule has 1 fully saturated rings. The second-order valence-corrected chi connectivity index (χ2v) is 4.73. The van der Waals surface area contributed by atoms with E-state index in [0.717, 1.165) is 19.5 Å². The molecule has 1 aliphatic rings. The lowest BCUT2D eigenvalue weighted by molar-refractivity contribution is -0.146. The molecule has 1 N–H and O–H groups in total. The first-order valence-corrected chi connectivity index (χ1v) is 6.06. The van der Waals surface area contributed by atoms with Crippen LogP contribution in [-0.4, -0.2) is 26.2 Å². The molecular weight excluding hydrogens is 214 g/mol. The molecule has 1 aliphatic heterocycles. The van der Waals surface area contributed by atoms with Crippen molar-refractivity contribution in [1.82, 2.24) is 5.32 Å². The molecule has 0 unspecified atom stereocenters. The van der Waals surface area contributed by atoms with Gasteiger partial charge < -0.3 is 10.1 Å². The zero-order valence-corrected chi connectivity index (χ0v) is 10.4. The number of hydrogen-bond acceptors (Lipinski definition) is 3. The lowest BCUT2D eigenvalue weighted by Crippen LogP contribution is -2.39. The van der Waals surface area contributed by atoms with Crippen molar-refractivity contribution in [3.8, 4) is 0 Å². The Kier molecular flexibility index (Phi) is 3.79. The van der Waals surface area contributed by atoms with Gasteiger partial charge in [-0.1, -0.05) is 29.8 Å². The minimum atomic E-state index is -0.102. The Morgan fingerprint density at radius 3 is 2.94 bits per heavy atom. The van der Waals surface area contributed by atoms with E-state index in [-0.39, 0.29) is 11.9 Å². The van der Waals surface area contributed by atoms with Gasteiger partial charge in [0, 0.05) is 13.1 Å². The molecule has 92 valence electrons. The van der Waals surface area contributed by atoms with Gasteiger partial charge in [0.15, 0.2) is 0 Å². The summed E-state index contributed by atoms with van der Waals surface area (Å²) >= 11 is 0. The molecular formula is C14H19NO2. The average molecular weight is 233 g/mol. The summed E-state index contributed by atoms with van der Waals surface area (Å²) in [5.74, 6) is 0.293. The first-order chi connectivity index (χ1) is 8.20. The van der Waals surface area contributed by atoms with Gasteiger partial charge in [-0.25, -0.2) is 0 Å². The normalized spacial score (nSPS) is 24.4. The molecule has 0 bridgehead atoms. The van der Waals surface area contributed by atoms with Crippen LogP contribution < -0.4 is 5.32 Å². The largest absolute Gasteiger partial charge is 0.469 e. The molecule has 2 atom stereocenters. The quantitative estimate of drug-likeness (QED) is 0.792. The maximum atomic E-state index is 11.5. The van der Waals surface area contributed by atoms with Crippen LogP contribution in [0.15, 0.2) is 24.3 Å². The first kappa shape index (κ1) is 12.1. The minimum Gasteiger partial charge on any atom is -0.469 e. The molecule has 1 heterocycles. The highest BCUT2D eigenvalue weighted by atomic mass is 16.5. The summed E-state index contributed by atoms with van der Waals surface area (Å²) in [6, 6.07) is 8.51. The Labute approximate surface area is 102 Å². The summed E-state index contributed by atoms with van der Waals surface area (Å²) in [7, 11) is 1.46. The third-order valence-electron chi connectivity index (χ3n) is 3.40. The number of benzene rings is 1. The van der Waals surface area contributed by atoms with Crippen molar-refractivity contribution in [3.63, 3.8) is 0 Å². The van der Waals surface area contributed by atoms with Gasteiger partial charge in [0.25, 0.3) is 0 Å². The van der Waals surface area contributed by atoms with Crippen LogP contribution in [0.25, 0.3) is 0 Å². The highest BCUT2D eigenvalue weighted by molar-refractivity contribution is 5.72. The van der Waals surface area contributed by atoms with Crippen molar-refractivity contribution in [2.45, 2.75) is 19.3 Å². The topological polar surface area (TPSA) is 38.3 Å². The van der Waals surface area contributed by atoms with Gasteiger partial charge in [0.1, 0.15) is 0 Å². The van der Waals surface area contributed by atoms with E-state index in [1.165, 1.54) is 18.2 Å². The Hall–Kier alpha value is -1.35. The number of carbonyl (C=O) groups is 1. The lowest BCUT2D eigenvalue weighted by Gasteiger charge is -2.28. The first-order valence-electron chi connectivity index (χ1n) is 6.06. The van der Waals surface area contributed by atoms with Crippen LogP contribution in [-0.2, 0) is 9.53 Å². The second-order valence-electron chi connectivity index (χ2n) is 4.73.